The monoisotopic (exact) mass is 390 g/mol. The van der Waals surface area contributed by atoms with Crippen molar-refractivity contribution in [2.45, 2.75) is 32.7 Å². The summed E-state index contributed by atoms with van der Waals surface area (Å²) in [6, 6.07) is 15.9. The predicted molar refractivity (Wildman–Crippen MR) is 115 cm³/mol. The first-order valence-corrected chi connectivity index (χ1v) is 10.3. The number of hydrogen-bond acceptors (Lipinski definition) is 4. The van der Waals surface area contributed by atoms with Crippen molar-refractivity contribution in [1.29, 1.82) is 0 Å². The number of amides is 1. The molecule has 2 aromatic heterocycles. The van der Waals surface area contributed by atoms with Gasteiger partial charge in [-0.25, -0.2) is 9.97 Å². The van der Waals surface area contributed by atoms with Crippen molar-refractivity contribution in [3.05, 3.63) is 65.0 Å². The van der Waals surface area contributed by atoms with Crippen molar-refractivity contribution in [3.63, 3.8) is 0 Å². The molecular formula is C22H22N4OS. The molecule has 142 valence electrons. The molecule has 0 aliphatic heterocycles. The number of anilines is 1. The van der Waals surface area contributed by atoms with Gasteiger partial charge in [0.05, 0.1) is 16.5 Å². The van der Waals surface area contributed by atoms with Gasteiger partial charge in [-0.1, -0.05) is 38.1 Å². The Balaban J connectivity index is 1.58. The minimum atomic E-state index is -0.0871. The molecule has 0 spiro atoms. The number of hydrogen-bond donors (Lipinski definition) is 1. The molecule has 0 fully saturated rings. The number of rotatable bonds is 6. The second-order valence-corrected chi connectivity index (χ2v) is 7.58. The van der Waals surface area contributed by atoms with E-state index in [-0.39, 0.29) is 12.5 Å². The van der Waals surface area contributed by atoms with Crippen molar-refractivity contribution < 1.29 is 4.79 Å². The van der Waals surface area contributed by atoms with E-state index in [1.54, 1.807) is 5.51 Å². The first-order valence-electron chi connectivity index (χ1n) is 9.39. The van der Waals surface area contributed by atoms with E-state index in [1.165, 1.54) is 16.9 Å². The number of carbonyl (C=O) groups excluding carboxylic acids is 1. The van der Waals surface area contributed by atoms with E-state index in [9.17, 15) is 4.79 Å². The normalized spacial score (nSPS) is 12.2. The molecule has 4 aromatic rings. The summed E-state index contributed by atoms with van der Waals surface area (Å²) in [4.78, 5) is 21.8. The van der Waals surface area contributed by atoms with E-state index >= 15 is 0 Å². The van der Waals surface area contributed by atoms with Crippen LogP contribution in [0.5, 0.6) is 0 Å². The maximum atomic E-state index is 12.7. The van der Waals surface area contributed by atoms with Crippen LogP contribution < -0.4 is 5.32 Å². The van der Waals surface area contributed by atoms with Gasteiger partial charge in [-0.3, -0.25) is 4.79 Å². The van der Waals surface area contributed by atoms with E-state index < -0.39 is 0 Å². The zero-order valence-corrected chi connectivity index (χ0v) is 16.7. The third kappa shape index (κ3) is 3.68. The summed E-state index contributed by atoms with van der Waals surface area (Å²) in [5, 5.41) is 4.94. The molecule has 0 aliphatic carbocycles. The number of para-hydroxylation sites is 2. The van der Waals surface area contributed by atoms with Gasteiger partial charge in [-0.05, 0) is 42.2 Å². The van der Waals surface area contributed by atoms with E-state index in [1.807, 2.05) is 46.3 Å². The van der Waals surface area contributed by atoms with Crippen LogP contribution in [0, 0.1) is 0 Å². The number of nitrogens with zero attached hydrogens (tertiary/aromatic N) is 3. The lowest BCUT2D eigenvalue weighted by atomic mass is 9.99. The molecule has 2 aromatic carbocycles. The second kappa shape index (κ2) is 7.94. The van der Waals surface area contributed by atoms with Crippen molar-refractivity contribution in [2.24, 2.45) is 0 Å². The van der Waals surface area contributed by atoms with Gasteiger partial charge in [0, 0.05) is 11.1 Å². The lowest BCUT2D eigenvalue weighted by molar-refractivity contribution is -0.116. The van der Waals surface area contributed by atoms with Gasteiger partial charge in [-0.15, -0.1) is 11.3 Å². The molecule has 0 aliphatic rings. The van der Waals surface area contributed by atoms with E-state index in [2.05, 4.69) is 41.3 Å². The third-order valence-corrected chi connectivity index (χ3v) is 5.58. The fraction of sp³-hybridized carbons (Fsp3) is 0.227. The summed E-state index contributed by atoms with van der Waals surface area (Å²) < 4.78 is 1.92. The van der Waals surface area contributed by atoms with Crippen molar-refractivity contribution in [3.8, 4) is 11.5 Å². The second-order valence-electron chi connectivity index (χ2n) is 6.86. The lowest BCUT2D eigenvalue weighted by Gasteiger charge is -2.12. The number of aromatic nitrogens is 3. The van der Waals surface area contributed by atoms with Gasteiger partial charge in [0.1, 0.15) is 12.2 Å². The molecule has 6 heteroatoms. The molecule has 1 amide bonds. The Kier molecular flexibility index (Phi) is 5.21. The van der Waals surface area contributed by atoms with Crippen molar-refractivity contribution >= 4 is 34.0 Å². The van der Waals surface area contributed by atoms with Crippen molar-refractivity contribution in [2.75, 3.05) is 5.32 Å². The Hall–Kier alpha value is -2.99. The minimum absolute atomic E-state index is 0.0871. The number of carbonyl (C=O) groups is 1. The Bertz CT molecular complexity index is 1080. The Morgan fingerprint density at radius 3 is 2.68 bits per heavy atom. The van der Waals surface area contributed by atoms with Crippen LogP contribution in [-0.2, 0) is 11.3 Å². The molecule has 0 unspecified atom stereocenters. The smallest absolute Gasteiger partial charge is 0.244 e. The molecule has 28 heavy (non-hydrogen) atoms. The van der Waals surface area contributed by atoms with Crippen LogP contribution in [0.4, 0.5) is 5.69 Å². The van der Waals surface area contributed by atoms with Crippen LogP contribution >= 0.6 is 11.3 Å². The first kappa shape index (κ1) is 18.4. The van der Waals surface area contributed by atoms with Gasteiger partial charge < -0.3 is 9.88 Å². The zero-order valence-electron chi connectivity index (χ0n) is 15.9. The molecule has 0 saturated heterocycles. The summed E-state index contributed by atoms with van der Waals surface area (Å²) >= 11 is 1.51. The number of fused-ring (bicyclic) bond motifs is 1. The molecule has 2 heterocycles. The standard InChI is InChI=1S/C22H22N4OS/c1-3-15(2)16-8-10-17(11-9-16)24-21(27)12-26-20-7-5-4-6-18(20)25-22(26)19-13-28-14-23-19/h4-11,13-15H,3,12H2,1-2H3,(H,24,27)/t15-/m0/s1. The molecule has 5 nitrogen and oxygen atoms in total. The van der Waals surface area contributed by atoms with Crippen LogP contribution in [0.1, 0.15) is 31.7 Å². The Morgan fingerprint density at radius 1 is 1.18 bits per heavy atom. The van der Waals surface area contributed by atoms with E-state index in [0.29, 0.717) is 11.7 Å². The predicted octanol–water partition coefficient (Wildman–Crippen LogP) is 5.31. The average molecular weight is 391 g/mol. The third-order valence-electron chi connectivity index (χ3n) is 4.99. The topological polar surface area (TPSA) is 59.8 Å². The zero-order chi connectivity index (χ0) is 19.5. The molecule has 0 radical (unpaired) electrons. The Morgan fingerprint density at radius 2 is 1.96 bits per heavy atom. The van der Waals surface area contributed by atoms with E-state index in [4.69, 9.17) is 0 Å². The van der Waals surface area contributed by atoms with Crippen LogP contribution in [0.3, 0.4) is 0 Å². The number of nitrogens with one attached hydrogen (secondary N) is 1. The average Bonchev–Trinajstić information content (AvgIpc) is 3.36. The quantitative estimate of drug-likeness (QED) is 0.485. The first-order chi connectivity index (χ1) is 13.7. The Labute approximate surface area is 168 Å². The summed E-state index contributed by atoms with van der Waals surface area (Å²) in [6.45, 7) is 4.56. The largest absolute Gasteiger partial charge is 0.325 e. The van der Waals surface area contributed by atoms with Gasteiger partial charge in [0.15, 0.2) is 5.82 Å². The molecular weight excluding hydrogens is 368 g/mol. The summed E-state index contributed by atoms with van der Waals surface area (Å²) in [5.41, 5.74) is 6.43. The maximum absolute atomic E-state index is 12.7. The highest BCUT2D eigenvalue weighted by atomic mass is 32.1. The molecule has 0 saturated carbocycles. The molecule has 1 N–H and O–H groups in total. The van der Waals surface area contributed by atoms with Gasteiger partial charge >= 0.3 is 0 Å². The summed E-state index contributed by atoms with van der Waals surface area (Å²) in [5.74, 6) is 1.14. The minimum Gasteiger partial charge on any atom is -0.325 e. The summed E-state index contributed by atoms with van der Waals surface area (Å²) in [6.07, 6.45) is 1.10. The molecule has 1 atom stereocenters. The highest BCUT2D eigenvalue weighted by Gasteiger charge is 2.16. The number of benzene rings is 2. The molecule has 4 rings (SSSR count). The van der Waals surface area contributed by atoms with Gasteiger partial charge in [0.25, 0.3) is 0 Å². The summed E-state index contributed by atoms with van der Waals surface area (Å²) in [7, 11) is 0. The van der Waals surface area contributed by atoms with E-state index in [0.717, 1.165) is 28.8 Å². The van der Waals surface area contributed by atoms with Gasteiger partial charge in [-0.2, -0.15) is 0 Å². The van der Waals surface area contributed by atoms with Crippen LogP contribution in [0.15, 0.2) is 59.4 Å². The van der Waals surface area contributed by atoms with Crippen LogP contribution in [0.25, 0.3) is 22.6 Å². The maximum Gasteiger partial charge on any atom is 0.244 e. The molecule has 0 bridgehead atoms. The van der Waals surface area contributed by atoms with Crippen molar-refractivity contribution in [1.82, 2.24) is 14.5 Å². The van der Waals surface area contributed by atoms with Gasteiger partial charge in [0.2, 0.25) is 5.91 Å². The lowest BCUT2D eigenvalue weighted by Crippen LogP contribution is -2.19. The van der Waals surface area contributed by atoms with Crippen LogP contribution in [-0.4, -0.2) is 20.4 Å². The fourth-order valence-electron chi connectivity index (χ4n) is 3.23. The number of thiazole rings is 1. The highest BCUT2D eigenvalue weighted by molar-refractivity contribution is 7.07. The SMILES string of the molecule is CC[C@H](C)c1ccc(NC(=O)Cn2c(-c3cscn3)nc3ccccc32)cc1. The van der Waals surface area contributed by atoms with Crippen LogP contribution in [0.2, 0.25) is 0 Å². The number of imidazole rings is 1. The fourth-order valence-corrected chi connectivity index (χ4v) is 3.76. The highest BCUT2D eigenvalue weighted by Crippen LogP contribution is 2.25.